The van der Waals surface area contributed by atoms with Gasteiger partial charge in [0, 0.05) is 19.5 Å². The molecule has 1 unspecified atom stereocenters. The molecular formula is C16H21NO3. The Labute approximate surface area is 119 Å². The van der Waals surface area contributed by atoms with E-state index in [4.69, 9.17) is 0 Å². The molecule has 4 nitrogen and oxygen atoms in total. The first kappa shape index (κ1) is 14.6. The third-order valence-corrected chi connectivity index (χ3v) is 4.02. The first-order valence-electron chi connectivity index (χ1n) is 7.13. The van der Waals surface area contributed by atoms with Gasteiger partial charge in [-0.25, -0.2) is 0 Å². The number of piperidine rings is 1. The molecule has 1 saturated heterocycles. The average molecular weight is 275 g/mol. The van der Waals surface area contributed by atoms with Crippen LogP contribution in [0.1, 0.15) is 37.7 Å². The minimum Gasteiger partial charge on any atom is -0.481 e. The number of likely N-dealkylation sites (tertiary alicyclic amines) is 1. The number of hydrogen-bond acceptors (Lipinski definition) is 2. The Morgan fingerprint density at radius 2 is 1.85 bits per heavy atom. The summed E-state index contributed by atoms with van der Waals surface area (Å²) in [5.41, 5.74) is 0.693. The van der Waals surface area contributed by atoms with Crippen LogP contribution in [0, 0.1) is 5.92 Å². The maximum atomic E-state index is 12.3. The third-order valence-electron chi connectivity index (χ3n) is 4.02. The molecule has 1 heterocycles. The van der Waals surface area contributed by atoms with Crippen molar-refractivity contribution in [1.29, 1.82) is 0 Å². The zero-order valence-corrected chi connectivity index (χ0v) is 11.8. The van der Waals surface area contributed by atoms with Crippen molar-refractivity contribution in [2.24, 2.45) is 5.92 Å². The number of nitrogens with zero attached hydrogens (tertiary/aromatic N) is 1. The van der Waals surface area contributed by atoms with Crippen molar-refractivity contribution in [3.05, 3.63) is 35.9 Å². The van der Waals surface area contributed by atoms with E-state index < -0.39 is 11.9 Å². The van der Waals surface area contributed by atoms with Gasteiger partial charge in [-0.05, 0) is 24.3 Å². The van der Waals surface area contributed by atoms with Crippen molar-refractivity contribution in [2.45, 2.75) is 32.1 Å². The Bertz CT molecular complexity index is 464. The monoisotopic (exact) mass is 275 g/mol. The highest BCUT2D eigenvalue weighted by Crippen LogP contribution is 2.23. The number of rotatable bonds is 4. The molecule has 1 N–H and O–H groups in total. The molecule has 4 heteroatoms. The molecule has 0 bridgehead atoms. The van der Waals surface area contributed by atoms with E-state index in [1.807, 2.05) is 6.07 Å². The van der Waals surface area contributed by atoms with E-state index in [0.717, 1.165) is 25.9 Å². The largest absolute Gasteiger partial charge is 0.481 e. The van der Waals surface area contributed by atoms with E-state index in [2.05, 4.69) is 6.92 Å². The summed E-state index contributed by atoms with van der Waals surface area (Å²) in [5.74, 6) is -1.07. The predicted octanol–water partition coefficient (Wildman–Crippen LogP) is 2.50. The number of carbonyl (C=O) groups is 2. The summed E-state index contributed by atoms with van der Waals surface area (Å²) < 4.78 is 0. The van der Waals surface area contributed by atoms with Gasteiger partial charge in [-0.3, -0.25) is 9.59 Å². The second-order valence-corrected chi connectivity index (χ2v) is 5.57. The molecule has 1 aliphatic rings. The summed E-state index contributed by atoms with van der Waals surface area (Å²) in [6.07, 6.45) is 2.07. The molecule has 0 aromatic heterocycles. The summed E-state index contributed by atoms with van der Waals surface area (Å²) >= 11 is 0. The number of hydrogen-bond donors (Lipinski definition) is 1. The van der Waals surface area contributed by atoms with Gasteiger partial charge in [0.2, 0.25) is 5.91 Å². The minimum absolute atomic E-state index is 0.0480. The van der Waals surface area contributed by atoms with Gasteiger partial charge >= 0.3 is 5.97 Å². The lowest BCUT2D eigenvalue weighted by Crippen LogP contribution is -2.39. The molecule has 0 saturated carbocycles. The maximum absolute atomic E-state index is 12.3. The van der Waals surface area contributed by atoms with Crippen LogP contribution in [0.4, 0.5) is 0 Å². The van der Waals surface area contributed by atoms with Crippen molar-refractivity contribution < 1.29 is 14.7 Å². The first-order chi connectivity index (χ1) is 9.58. The highest BCUT2D eigenvalue weighted by molar-refractivity contribution is 5.85. The maximum Gasteiger partial charge on any atom is 0.311 e. The second kappa shape index (κ2) is 6.55. The van der Waals surface area contributed by atoms with E-state index >= 15 is 0 Å². The molecule has 0 spiro atoms. The van der Waals surface area contributed by atoms with Gasteiger partial charge in [0.25, 0.3) is 0 Å². The van der Waals surface area contributed by atoms with Crippen LogP contribution in [0.25, 0.3) is 0 Å². The Kier molecular flexibility index (Phi) is 4.77. The minimum atomic E-state index is -0.935. The molecule has 0 aliphatic carbocycles. The lowest BCUT2D eigenvalue weighted by molar-refractivity contribution is -0.143. The average Bonchev–Trinajstić information content (AvgIpc) is 2.46. The standard InChI is InChI=1S/C16H21NO3/c1-12-7-9-17(10-8-12)15(18)11-14(16(19)20)13-5-3-2-4-6-13/h2-6,12,14H,7-11H2,1H3,(H,19,20). The Balaban J connectivity index is 2.02. The number of amides is 1. The van der Waals surface area contributed by atoms with E-state index in [-0.39, 0.29) is 12.3 Å². The molecule has 0 radical (unpaired) electrons. The number of carbonyl (C=O) groups excluding carboxylic acids is 1. The lowest BCUT2D eigenvalue weighted by atomic mass is 9.94. The van der Waals surface area contributed by atoms with Crippen LogP contribution in [-0.4, -0.2) is 35.0 Å². The Hall–Kier alpha value is -1.84. The summed E-state index contributed by atoms with van der Waals surface area (Å²) in [6, 6.07) is 8.99. The SMILES string of the molecule is CC1CCN(C(=O)CC(C(=O)O)c2ccccc2)CC1. The Morgan fingerprint density at radius 1 is 1.25 bits per heavy atom. The summed E-state index contributed by atoms with van der Waals surface area (Å²) in [5, 5.41) is 9.35. The molecule has 1 atom stereocenters. The van der Waals surface area contributed by atoms with Gasteiger partial charge in [0.1, 0.15) is 0 Å². The first-order valence-corrected chi connectivity index (χ1v) is 7.13. The van der Waals surface area contributed by atoms with Crippen molar-refractivity contribution >= 4 is 11.9 Å². The van der Waals surface area contributed by atoms with Crippen LogP contribution in [0.2, 0.25) is 0 Å². The van der Waals surface area contributed by atoms with E-state index in [1.165, 1.54) is 0 Å². The van der Waals surface area contributed by atoms with E-state index in [9.17, 15) is 14.7 Å². The number of carboxylic acid groups (broad SMARTS) is 1. The summed E-state index contributed by atoms with van der Waals surface area (Å²) in [6.45, 7) is 3.69. The van der Waals surface area contributed by atoms with E-state index in [1.54, 1.807) is 29.2 Å². The number of carboxylic acids is 1. The fourth-order valence-corrected chi connectivity index (χ4v) is 2.59. The highest BCUT2D eigenvalue weighted by atomic mass is 16.4. The van der Waals surface area contributed by atoms with Crippen LogP contribution in [-0.2, 0) is 9.59 Å². The van der Waals surface area contributed by atoms with Crippen LogP contribution < -0.4 is 0 Å². The fourth-order valence-electron chi connectivity index (χ4n) is 2.59. The van der Waals surface area contributed by atoms with Gasteiger partial charge < -0.3 is 10.0 Å². The summed E-state index contributed by atoms with van der Waals surface area (Å²) in [4.78, 5) is 25.5. The van der Waals surface area contributed by atoms with Crippen molar-refractivity contribution in [3.63, 3.8) is 0 Å². The fraction of sp³-hybridized carbons (Fsp3) is 0.500. The van der Waals surface area contributed by atoms with E-state index in [0.29, 0.717) is 11.5 Å². The van der Waals surface area contributed by atoms with Gasteiger partial charge in [-0.15, -0.1) is 0 Å². The molecule has 1 aromatic carbocycles. The second-order valence-electron chi connectivity index (χ2n) is 5.57. The quantitative estimate of drug-likeness (QED) is 0.918. The van der Waals surface area contributed by atoms with Crippen LogP contribution in [0.3, 0.4) is 0 Å². The smallest absolute Gasteiger partial charge is 0.311 e. The molecule has 1 aromatic rings. The Morgan fingerprint density at radius 3 is 2.40 bits per heavy atom. The predicted molar refractivity (Wildman–Crippen MR) is 76.4 cm³/mol. The normalized spacial score (nSPS) is 17.8. The molecule has 20 heavy (non-hydrogen) atoms. The zero-order valence-electron chi connectivity index (χ0n) is 11.8. The highest BCUT2D eigenvalue weighted by Gasteiger charge is 2.27. The molecule has 108 valence electrons. The molecule has 1 aliphatic heterocycles. The number of aliphatic carboxylic acids is 1. The van der Waals surface area contributed by atoms with Crippen molar-refractivity contribution in [3.8, 4) is 0 Å². The van der Waals surface area contributed by atoms with Gasteiger partial charge in [0.15, 0.2) is 0 Å². The topological polar surface area (TPSA) is 57.6 Å². The van der Waals surface area contributed by atoms with Gasteiger partial charge in [-0.1, -0.05) is 37.3 Å². The molecular weight excluding hydrogens is 254 g/mol. The number of benzene rings is 1. The van der Waals surface area contributed by atoms with Crippen LogP contribution >= 0.6 is 0 Å². The van der Waals surface area contributed by atoms with Crippen LogP contribution in [0.5, 0.6) is 0 Å². The lowest BCUT2D eigenvalue weighted by Gasteiger charge is -2.31. The van der Waals surface area contributed by atoms with Crippen molar-refractivity contribution in [2.75, 3.05) is 13.1 Å². The van der Waals surface area contributed by atoms with Crippen LogP contribution in [0.15, 0.2) is 30.3 Å². The zero-order chi connectivity index (χ0) is 14.5. The molecule has 2 rings (SSSR count). The van der Waals surface area contributed by atoms with Gasteiger partial charge in [0.05, 0.1) is 5.92 Å². The van der Waals surface area contributed by atoms with Crippen molar-refractivity contribution in [1.82, 2.24) is 4.90 Å². The molecule has 1 fully saturated rings. The third kappa shape index (κ3) is 3.59. The molecule has 1 amide bonds. The summed E-state index contributed by atoms with van der Waals surface area (Å²) in [7, 11) is 0. The van der Waals surface area contributed by atoms with Gasteiger partial charge in [-0.2, -0.15) is 0 Å².